The van der Waals surface area contributed by atoms with Gasteiger partial charge in [-0.05, 0) is 6.42 Å². The van der Waals surface area contributed by atoms with Gasteiger partial charge in [0.2, 0.25) is 0 Å². The maximum Gasteiger partial charge on any atom is 0.270 e. The van der Waals surface area contributed by atoms with Crippen LogP contribution in [0.5, 0.6) is 0 Å². The molecule has 0 bridgehead atoms. The van der Waals surface area contributed by atoms with Crippen LogP contribution in [-0.4, -0.2) is 24.6 Å². The Kier molecular flexibility index (Phi) is 3.37. The molecule has 1 atom stereocenters. The van der Waals surface area contributed by atoms with Crippen LogP contribution in [0.2, 0.25) is 0 Å². The summed E-state index contributed by atoms with van der Waals surface area (Å²) in [6.45, 7) is 1.46. The molecular formula is C5H11BrNO2P. The molecule has 0 aliphatic carbocycles. The largest absolute Gasteiger partial charge is 0.317 e. The lowest BCUT2D eigenvalue weighted by Gasteiger charge is -2.23. The number of halogens is 1. The molecule has 0 radical (unpaired) electrons. The van der Waals surface area contributed by atoms with Crippen molar-refractivity contribution in [1.82, 2.24) is 5.09 Å². The van der Waals surface area contributed by atoms with Crippen molar-refractivity contribution in [1.29, 1.82) is 0 Å². The molecule has 1 heterocycles. The van der Waals surface area contributed by atoms with Crippen LogP contribution in [0.1, 0.15) is 6.42 Å². The van der Waals surface area contributed by atoms with Crippen LogP contribution >= 0.6 is 23.4 Å². The Balaban J connectivity index is 2.41. The van der Waals surface area contributed by atoms with Gasteiger partial charge in [-0.15, -0.1) is 0 Å². The van der Waals surface area contributed by atoms with Crippen molar-refractivity contribution in [3.63, 3.8) is 0 Å². The Labute approximate surface area is 69.2 Å². The molecule has 1 saturated heterocycles. The number of alkyl halides is 1. The molecule has 0 aromatic rings. The lowest BCUT2D eigenvalue weighted by molar-refractivity contribution is 0.278. The van der Waals surface area contributed by atoms with Crippen LogP contribution < -0.4 is 5.09 Å². The molecule has 0 amide bonds. The van der Waals surface area contributed by atoms with Crippen molar-refractivity contribution in [3.8, 4) is 0 Å². The minimum atomic E-state index is -2.41. The monoisotopic (exact) mass is 227 g/mol. The van der Waals surface area contributed by atoms with E-state index in [0.717, 1.165) is 18.3 Å². The highest BCUT2D eigenvalue weighted by atomic mass is 79.9. The van der Waals surface area contributed by atoms with Gasteiger partial charge in [-0.25, -0.2) is 5.09 Å². The van der Waals surface area contributed by atoms with Crippen LogP contribution in [0.25, 0.3) is 0 Å². The van der Waals surface area contributed by atoms with E-state index < -0.39 is 7.52 Å². The molecule has 0 aromatic heterocycles. The van der Waals surface area contributed by atoms with Crippen LogP contribution in [0, 0.1) is 0 Å². The average molecular weight is 228 g/mol. The van der Waals surface area contributed by atoms with Gasteiger partial charge in [0.1, 0.15) is 0 Å². The molecule has 0 saturated carbocycles. The molecule has 0 aromatic carbocycles. The van der Waals surface area contributed by atoms with Crippen molar-refractivity contribution in [3.05, 3.63) is 0 Å². The molecule has 1 rings (SSSR count). The molecule has 1 aliphatic heterocycles. The molecule has 3 nitrogen and oxygen atoms in total. The fourth-order valence-corrected chi connectivity index (χ4v) is 3.76. The van der Waals surface area contributed by atoms with Crippen molar-refractivity contribution in [2.45, 2.75) is 6.42 Å². The number of nitrogens with one attached hydrogen (secondary N) is 1. The Morgan fingerprint density at radius 1 is 1.70 bits per heavy atom. The van der Waals surface area contributed by atoms with Crippen molar-refractivity contribution >= 4 is 23.4 Å². The Hall–Kier alpha value is 0.630. The third kappa shape index (κ3) is 2.35. The Bertz CT molecular complexity index is 134. The average Bonchev–Trinajstić information content (AvgIpc) is 1.89. The Morgan fingerprint density at radius 2 is 2.50 bits per heavy atom. The van der Waals surface area contributed by atoms with Crippen molar-refractivity contribution in [2.24, 2.45) is 0 Å². The summed E-state index contributed by atoms with van der Waals surface area (Å²) in [7, 11) is -2.41. The lowest BCUT2D eigenvalue weighted by atomic mass is 10.5. The van der Waals surface area contributed by atoms with E-state index in [0.29, 0.717) is 12.8 Å². The second-order valence-electron chi connectivity index (χ2n) is 2.18. The van der Waals surface area contributed by atoms with E-state index >= 15 is 0 Å². The number of hydrogen-bond acceptors (Lipinski definition) is 2. The summed E-state index contributed by atoms with van der Waals surface area (Å²) in [6, 6.07) is 0. The highest BCUT2D eigenvalue weighted by Crippen LogP contribution is 2.43. The van der Waals surface area contributed by atoms with Gasteiger partial charge < -0.3 is 4.52 Å². The lowest BCUT2D eigenvalue weighted by Crippen LogP contribution is -2.23. The maximum absolute atomic E-state index is 11.5. The molecule has 1 aliphatic rings. The summed E-state index contributed by atoms with van der Waals surface area (Å²) >= 11 is 3.23. The van der Waals surface area contributed by atoms with Crippen LogP contribution in [0.15, 0.2) is 0 Å². The van der Waals surface area contributed by atoms with Gasteiger partial charge in [0.15, 0.2) is 0 Å². The van der Waals surface area contributed by atoms with Gasteiger partial charge in [-0.1, -0.05) is 15.9 Å². The van der Waals surface area contributed by atoms with E-state index in [-0.39, 0.29) is 0 Å². The van der Waals surface area contributed by atoms with E-state index in [1.807, 2.05) is 0 Å². The smallest absolute Gasteiger partial charge is 0.270 e. The quantitative estimate of drug-likeness (QED) is 0.576. The second kappa shape index (κ2) is 3.86. The van der Waals surface area contributed by atoms with Gasteiger partial charge in [0.25, 0.3) is 7.52 Å². The summed E-state index contributed by atoms with van der Waals surface area (Å²) in [6.07, 6.45) is 1.55. The van der Waals surface area contributed by atoms with E-state index in [1.165, 1.54) is 0 Å². The third-order valence-corrected chi connectivity index (χ3v) is 4.48. The molecule has 0 unspecified atom stereocenters. The van der Waals surface area contributed by atoms with E-state index in [4.69, 9.17) is 4.52 Å². The van der Waals surface area contributed by atoms with Crippen molar-refractivity contribution < 1.29 is 9.09 Å². The zero-order valence-corrected chi connectivity index (χ0v) is 8.16. The van der Waals surface area contributed by atoms with Gasteiger partial charge >= 0.3 is 0 Å². The minimum absolute atomic E-state index is 0.590. The molecular weight excluding hydrogens is 217 g/mol. The SMILES string of the molecule is O=[P@@]1(CCBr)NCCCO1. The first-order valence-electron chi connectivity index (χ1n) is 3.31. The number of rotatable bonds is 2. The fraction of sp³-hybridized carbons (Fsp3) is 1.00. The van der Waals surface area contributed by atoms with Gasteiger partial charge in [-0.2, -0.15) is 0 Å². The molecule has 1 N–H and O–H groups in total. The zero-order chi connectivity index (χ0) is 7.45. The first-order chi connectivity index (χ1) is 4.77. The van der Waals surface area contributed by atoms with E-state index in [2.05, 4.69) is 21.0 Å². The molecule has 60 valence electrons. The normalized spacial score (nSPS) is 34.1. The molecule has 5 heteroatoms. The van der Waals surface area contributed by atoms with Gasteiger partial charge in [0, 0.05) is 18.0 Å². The van der Waals surface area contributed by atoms with Crippen LogP contribution in [0.4, 0.5) is 0 Å². The second-order valence-corrected chi connectivity index (χ2v) is 5.34. The standard InChI is InChI=1S/C5H11BrNO2P/c6-2-5-10(8)7-3-1-4-9-10/h1-5H2,(H,7,8)/t10-/m1/s1. The summed E-state index contributed by atoms with van der Waals surface area (Å²) in [5.74, 6) is 0. The first-order valence-corrected chi connectivity index (χ1v) is 6.25. The fourth-order valence-electron chi connectivity index (χ4n) is 0.834. The van der Waals surface area contributed by atoms with Crippen LogP contribution in [0.3, 0.4) is 0 Å². The third-order valence-electron chi connectivity index (χ3n) is 1.35. The highest BCUT2D eigenvalue weighted by molar-refractivity contribution is 9.09. The van der Waals surface area contributed by atoms with E-state index in [9.17, 15) is 4.57 Å². The summed E-state index contributed by atoms with van der Waals surface area (Å²) in [5.41, 5.74) is 0. The summed E-state index contributed by atoms with van der Waals surface area (Å²) in [4.78, 5) is 0. The van der Waals surface area contributed by atoms with Crippen LogP contribution in [-0.2, 0) is 9.09 Å². The maximum atomic E-state index is 11.5. The summed E-state index contributed by atoms with van der Waals surface area (Å²) in [5, 5.41) is 3.63. The zero-order valence-electron chi connectivity index (χ0n) is 5.68. The molecule has 10 heavy (non-hydrogen) atoms. The molecule has 0 spiro atoms. The van der Waals surface area contributed by atoms with Crippen molar-refractivity contribution in [2.75, 3.05) is 24.6 Å². The first kappa shape index (κ1) is 8.72. The topological polar surface area (TPSA) is 38.3 Å². The van der Waals surface area contributed by atoms with Gasteiger partial charge in [0.05, 0.1) is 6.61 Å². The van der Waals surface area contributed by atoms with Gasteiger partial charge in [-0.3, -0.25) is 4.57 Å². The minimum Gasteiger partial charge on any atom is -0.317 e. The Morgan fingerprint density at radius 3 is 3.00 bits per heavy atom. The van der Waals surface area contributed by atoms with E-state index in [1.54, 1.807) is 0 Å². The highest BCUT2D eigenvalue weighted by Gasteiger charge is 2.24. The molecule has 1 fully saturated rings. The number of hydrogen-bond donors (Lipinski definition) is 1. The predicted octanol–water partition coefficient (Wildman–Crippen LogP) is 1.58. The summed E-state index contributed by atoms with van der Waals surface area (Å²) < 4.78 is 16.6. The predicted molar refractivity (Wildman–Crippen MR) is 44.8 cm³/mol.